The van der Waals surface area contributed by atoms with Gasteiger partial charge in [0.05, 0.1) is 17.6 Å². The van der Waals surface area contributed by atoms with Gasteiger partial charge in [-0.1, -0.05) is 50.0 Å². The fourth-order valence-electron chi connectivity index (χ4n) is 2.40. The molecule has 0 fully saturated rings. The van der Waals surface area contributed by atoms with Gasteiger partial charge in [-0.2, -0.15) is 11.2 Å². The van der Waals surface area contributed by atoms with E-state index in [1.165, 1.54) is 15.7 Å². The van der Waals surface area contributed by atoms with Crippen LogP contribution in [0.4, 0.5) is 5.69 Å². The Hall–Kier alpha value is -1.91. The molecule has 3 aromatic rings. The van der Waals surface area contributed by atoms with Crippen LogP contribution in [0.5, 0.6) is 0 Å². The maximum Gasteiger partial charge on any atom is 0.114 e. The van der Waals surface area contributed by atoms with Gasteiger partial charge in [-0.25, -0.2) is 0 Å². The van der Waals surface area contributed by atoms with E-state index in [0.29, 0.717) is 0 Å². The molecule has 1 aromatic heterocycles. The summed E-state index contributed by atoms with van der Waals surface area (Å²) in [6.45, 7) is 7.11. The molecule has 1 heterocycles. The first-order chi connectivity index (χ1) is 11.0. The molecular formula is C19H20N2SSi. The summed E-state index contributed by atoms with van der Waals surface area (Å²) in [7, 11) is -1.27. The molecule has 0 spiro atoms. The standard InChI is InChI=1S/C19H20N2SSi/c1-23(2,3)22-18-12-7-9-15-8-6-11-17(19(15)18)21-14-16-10-4-5-13-20-16/h4-14H,1-3H3. The maximum absolute atomic E-state index is 4.71. The van der Waals surface area contributed by atoms with Crippen LogP contribution in [0.1, 0.15) is 5.69 Å². The number of nitrogens with zero attached hydrogens (tertiary/aromatic N) is 2. The summed E-state index contributed by atoms with van der Waals surface area (Å²) in [6, 6.07) is 18.7. The fraction of sp³-hybridized carbons (Fsp3) is 0.158. The van der Waals surface area contributed by atoms with E-state index in [1.54, 1.807) is 6.20 Å². The molecule has 0 amide bonds. The van der Waals surface area contributed by atoms with Gasteiger partial charge < -0.3 is 0 Å². The highest BCUT2D eigenvalue weighted by Crippen LogP contribution is 2.38. The van der Waals surface area contributed by atoms with E-state index in [-0.39, 0.29) is 0 Å². The third-order valence-electron chi connectivity index (χ3n) is 3.28. The van der Waals surface area contributed by atoms with Crippen LogP contribution in [0.2, 0.25) is 19.6 Å². The number of hydrogen-bond donors (Lipinski definition) is 0. The quantitative estimate of drug-likeness (QED) is 0.437. The second-order valence-corrected chi connectivity index (χ2v) is 15.5. The molecule has 3 rings (SSSR count). The zero-order chi connectivity index (χ0) is 16.3. The summed E-state index contributed by atoms with van der Waals surface area (Å²) in [5.41, 5.74) is 1.88. The van der Waals surface area contributed by atoms with Crippen LogP contribution in [0.25, 0.3) is 10.8 Å². The third kappa shape index (κ3) is 4.09. The first kappa shape index (κ1) is 16.0. The number of fused-ring (bicyclic) bond motifs is 1. The molecule has 0 saturated heterocycles. The van der Waals surface area contributed by atoms with Crippen molar-refractivity contribution in [2.75, 3.05) is 0 Å². The zero-order valence-corrected chi connectivity index (χ0v) is 15.5. The highest BCUT2D eigenvalue weighted by molar-refractivity contribution is 8.28. The minimum atomic E-state index is -1.27. The smallest absolute Gasteiger partial charge is 0.114 e. The Bertz CT molecular complexity index is 834. The average molecular weight is 337 g/mol. The molecule has 2 nitrogen and oxygen atoms in total. The van der Waals surface area contributed by atoms with Crippen molar-refractivity contribution in [2.45, 2.75) is 24.5 Å². The van der Waals surface area contributed by atoms with E-state index < -0.39 is 7.22 Å². The lowest BCUT2D eigenvalue weighted by Crippen LogP contribution is -2.13. The highest BCUT2D eigenvalue weighted by atomic mass is 32.4. The van der Waals surface area contributed by atoms with Gasteiger partial charge in [0.15, 0.2) is 0 Å². The minimum absolute atomic E-state index is 0.875. The minimum Gasteiger partial charge on any atom is -0.255 e. The van der Waals surface area contributed by atoms with Gasteiger partial charge in [-0.15, -0.1) is 0 Å². The van der Waals surface area contributed by atoms with Gasteiger partial charge in [0.25, 0.3) is 0 Å². The van der Waals surface area contributed by atoms with E-state index in [9.17, 15) is 0 Å². The first-order valence-corrected chi connectivity index (χ1v) is 12.7. The van der Waals surface area contributed by atoms with Crippen molar-refractivity contribution in [3.8, 4) is 0 Å². The molecule has 0 radical (unpaired) electrons. The van der Waals surface area contributed by atoms with Crippen LogP contribution < -0.4 is 0 Å². The Morgan fingerprint density at radius 2 is 1.74 bits per heavy atom. The Labute approximate surface area is 142 Å². The molecule has 0 N–H and O–H groups in total. The second kappa shape index (κ2) is 6.68. The number of rotatable bonds is 4. The molecule has 0 aliphatic heterocycles. The van der Waals surface area contributed by atoms with Crippen molar-refractivity contribution in [1.82, 2.24) is 4.98 Å². The SMILES string of the molecule is C[Si](C)(C)Sc1cccc2cccc(N=Cc3ccccn3)c12. The molecule has 0 bridgehead atoms. The van der Waals surface area contributed by atoms with Gasteiger partial charge in [0, 0.05) is 16.5 Å². The van der Waals surface area contributed by atoms with Crippen LogP contribution in [0.15, 0.2) is 70.7 Å². The summed E-state index contributed by atoms with van der Waals surface area (Å²) in [6.07, 6.45) is 3.63. The van der Waals surface area contributed by atoms with E-state index in [1.807, 2.05) is 35.6 Å². The number of benzene rings is 2. The lowest BCUT2D eigenvalue weighted by molar-refractivity contribution is 1.30. The number of hydrogen-bond acceptors (Lipinski definition) is 3. The predicted molar refractivity (Wildman–Crippen MR) is 105 cm³/mol. The highest BCUT2D eigenvalue weighted by Gasteiger charge is 2.17. The molecule has 0 unspecified atom stereocenters. The Balaban J connectivity index is 2.08. The molecular weight excluding hydrogens is 316 g/mol. The number of pyridine rings is 1. The summed E-state index contributed by atoms with van der Waals surface area (Å²) < 4.78 is 0. The largest absolute Gasteiger partial charge is 0.255 e. The van der Waals surface area contributed by atoms with Gasteiger partial charge in [0.2, 0.25) is 0 Å². The van der Waals surface area contributed by atoms with Gasteiger partial charge >= 0.3 is 0 Å². The van der Waals surface area contributed by atoms with Crippen LogP contribution >= 0.6 is 11.2 Å². The Morgan fingerprint density at radius 1 is 0.957 bits per heavy atom. The van der Waals surface area contributed by atoms with Gasteiger partial charge in [-0.3, -0.25) is 9.98 Å². The van der Waals surface area contributed by atoms with Crippen molar-refractivity contribution in [2.24, 2.45) is 4.99 Å². The van der Waals surface area contributed by atoms with Gasteiger partial charge in [0.1, 0.15) is 7.22 Å². The first-order valence-electron chi connectivity index (χ1n) is 7.69. The molecule has 2 aromatic carbocycles. The average Bonchev–Trinajstić information content (AvgIpc) is 2.52. The summed E-state index contributed by atoms with van der Waals surface area (Å²) in [4.78, 5) is 10.3. The van der Waals surface area contributed by atoms with Gasteiger partial charge in [-0.05, 0) is 29.7 Å². The zero-order valence-electron chi connectivity index (χ0n) is 13.7. The molecule has 116 valence electrons. The maximum atomic E-state index is 4.71. The number of aliphatic imine (C=N–C) groups is 1. The third-order valence-corrected chi connectivity index (χ3v) is 6.95. The Morgan fingerprint density at radius 3 is 2.43 bits per heavy atom. The fourth-order valence-corrected chi connectivity index (χ4v) is 6.02. The van der Waals surface area contributed by atoms with E-state index >= 15 is 0 Å². The summed E-state index contributed by atoms with van der Waals surface area (Å²) >= 11 is 2.02. The van der Waals surface area contributed by atoms with Crippen LogP contribution in [0, 0.1) is 0 Å². The normalized spacial score (nSPS) is 12.1. The van der Waals surface area contributed by atoms with Crippen molar-refractivity contribution in [1.29, 1.82) is 0 Å². The monoisotopic (exact) mass is 336 g/mol. The summed E-state index contributed by atoms with van der Waals surface area (Å²) in [5.74, 6) is 0. The van der Waals surface area contributed by atoms with Crippen LogP contribution in [0.3, 0.4) is 0 Å². The van der Waals surface area contributed by atoms with Crippen LogP contribution in [-0.2, 0) is 0 Å². The molecule has 4 heteroatoms. The van der Waals surface area contributed by atoms with Crippen molar-refractivity contribution >= 4 is 41.1 Å². The second-order valence-electron chi connectivity index (χ2n) is 6.36. The predicted octanol–water partition coefficient (Wildman–Crippen LogP) is 5.91. The van der Waals surface area contributed by atoms with E-state index in [2.05, 4.69) is 61.0 Å². The van der Waals surface area contributed by atoms with Crippen molar-refractivity contribution < 1.29 is 0 Å². The Kier molecular flexibility index (Phi) is 4.64. The van der Waals surface area contributed by atoms with Crippen molar-refractivity contribution in [3.63, 3.8) is 0 Å². The molecule has 23 heavy (non-hydrogen) atoms. The molecule has 0 saturated carbocycles. The molecule has 0 aliphatic carbocycles. The van der Waals surface area contributed by atoms with E-state index in [4.69, 9.17) is 4.99 Å². The topological polar surface area (TPSA) is 25.2 Å². The lowest BCUT2D eigenvalue weighted by Gasteiger charge is -2.17. The summed E-state index contributed by atoms with van der Waals surface area (Å²) in [5, 5.41) is 2.48. The van der Waals surface area contributed by atoms with Crippen LogP contribution in [-0.4, -0.2) is 18.4 Å². The molecule has 0 atom stereocenters. The molecule has 0 aliphatic rings. The lowest BCUT2D eigenvalue weighted by atomic mass is 10.1. The van der Waals surface area contributed by atoms with Crippen molar-refractivity contribution in [3.05, 3.63) is 66.5 Å². The number of aromatic nitrogens is 1. The van der Waals surface area contributed by atoms with E-state index in [0.717, 1.165) is 11.4 Å².